The lowest BCUT2D eigenvalue weighted by Gasteiger charge is -2.37. The van der Waals surface area contributed by atoms with Gasteiger partial charge in [0, 0.05) is 33.4 Å². The largest absolute Gasteiger partial charge is 0.424 e. The van der Waals surface area contributed by atoms with Gasteiger partial charge >= 0.3 is 12.0 Å². The summed E-state index contributed by atoms with van der Waals surface area (Å²) in [5, 5.41) is 10.9. The lowest BCUT2D eigenvalue weighted by molar-refractivity contribution is 0.340. The van der Waals surface area contributed by atoms with Crippen LogP contribution in [0.3, 0.4) is 0 Å². The van der Waals surface area contributed by atoms with Crippen molar-refractivity contribution in [1.82, 2.24) is 24.9 Å². The molecule has 0 spiro atoms. The van der Waals surface area contributed by atoms with Crippen molar-refractivity contribution < 1.29 is 23.2 Å². The second-order valence-corrected chi connectivity index (χ2v) is 8.36. The fourth-order valence-corrected chi connectivity index (χ4v) is 4.57. The van der Waals surface area contributed by atoms with Crippen LogP contribution in [0.1, 0.15) is 48.0 Å². The molecule has 0 radical (unpaired) electrons. The number of aromatic nitrogens is 5. The molecule has 1 aliphatic carbocycles. The highest BCUT2D eigenvalue weighted by Gasteiger charge is 2.43. The van der Waals surface area contributed by atoms with Crippen molar-refractivity contribution in [2.75, 3.05) is 23.3 Å². The molecule has 2 aromatic heterocycles. The first-order valence-electron chi connectivity index (χ1n) is 13.6. The molecule has 11 heteroatoms. The Morgan fingerprint density at radius 1 is 1.31 bits per heavy atom. The van der Waals surface area contributed by atoms with Gasteiger partial charge in [0.15, 0.2) is 5.82 Å². The van der Waals surface area contributed by atoms with Crippen LogP contribution in [0.25, 0.3) is 0 Å². The first-order chi connectivity index (χ1) is 18.2. The van der Waals surface area contributed by atoms with Crippen LogP contribution >= 0.6 is 11.6 Å². The average Bonchev–Trinajstić information content (AvgIpc) is 3.50. The van der Waals surface area contributed by atoms with E-state index < -0.39 is 31.5 Å². The normalized spacial score (nSPS) is 26.9. The van der Waals surface area contributed by atoms with Crippen molar-refractivity contribution in [2.45, 2.75) is 45.5 Å². The smallest absolute Gasteiger partial charge is 0.324 e. The third-order valence-electron chi connectivity index (χ3n) is 5.81. The summed E-state index contributed by atoms with van der Waals surface area (Å²) in [7, 11) is 0. The number of anilines is 2. The van der Waals surface area contributed by atoms with Gasteiger partial charge in [-0.1, -0.05) is 16.8 Å². The number of rotatable bonds is 6. The molecule has 9 nitrogen and oxygen atoms in total. The summed E-state index contributed by atoms with van der Waals surface area (Å²) < 4.78 is 81.0. The minimum absolute atomic E-state index is 0.0525. The van der Waals surface area contributed by atoms with Gasteiger partial charge in [-0.2, -0.15) is 9.97 Å². The van der Waals surface area contributed by atoms with Crippen LogP contribution in [0, 0.1) is 24.6 Å². The number of ether oxygens (including phenoxy) is 1. The molecule has 1 aromatic carbocycles. The molecule has 2 aliphatic rings. The zero-order chi connectivity index (χ0) is 28.3. The van der Waals surface area contributed by atoms with E-state index in [1.807, 2.05) is 4.90 Å². The van der Waals surface area contributed by atoms with Gasteiger partial charge in [0.1, 0.15) is 11.6 Å². The average molecular weight is 469 g/mol. The number of halogens is 2. The van der Waals surface area contributed by atoms with Crippen molar-refractivity contribution in [1.29, 1.82) is 0 Å². The third-order valence-corrected chi connectivity index (χ3v) is 6.10. The van der Waals surface area contributed by atoms with E-state index in [9.17, 15) is 4.39 Å². The van der Waals surface area contributed by atoms with Crippen LogP contribution in [-0.2, 0) is 0 Å². The molecule has 1 N–H and O–H groups in total. The first kappa shape index (κ1) is 14.3. The molecule has 2 fully saturated rings. The zero-order valence-corrected chi connectivity index (χ0v) is 17.8. The summed E-state index contributed by atoms with van der Waals surface area (Å²) in [6.07, 6.45) is 1.77. The number of hydrogen-bond donors (Lipinski definition) is 1. The molecule has 3 heterocycles. The highest BCUT2D eigenvalue weighted by molar-refractivity contribution is 6.30. The first-order valence-corrected chi connectivity index (χ1v) is 10.5. The quantitative estimate of drug-likeness (QED) is 0.566. The SMILES string of the molecule is [2H]C([2H])([2H])C([2H])(n1nc(N[C@@H]2[C@@H]3CC[C@H]2CN(c2nc(C)no2)C3)nc1Oc1ccc(F)c(Cl)c1)C([2H])([2H])[2H]. The highest BCUT2D eigenvalue weighted by atomic mass is 35.5. The molecule has 3 atom stereocenters. The van der Waals surface area contributed by atoms with Crippen LogP contribution in [-0.4, -0.2) is 44.0 Å². The molecule has 5 rings (SSSR count). The van der Waals surface area contributed by atoms with E-state index in [1.165, 1.54) is 6.07 Å². The topological polar surface area (TPSA) is 94.1 Å². The van der Waals surface area contributed by atoms with Gasteiger partial charge < -0.3 is 19.5 Å². The van der Waals surface area contributed by atoms with E-state index in [-0.39, 0.29) is 34.6 Å². The van der Waals surface area contributed by atoms with E-state index in [4.69, 9.17) is 30.5 Å². The van der Waals surface area contributed by atoms with Gasteiger partial charge in [-0.25, -0.2) is 9.07 Å². The second kappa shape index (κ2) is 8.23. The Bertz CT molecular complexity index is 1340. The Hall–Kier alpha value is -2.88. The highest BCUT2D eigenvalue weighted by Crippen LogP contribution is 2.40. The minimum Gasteiger partial charge on any atom is -0.424 e. The molecule has 1 aliphatic heterocycles. The van der Waals surface area contributed by atoms with Crippen LogP contribution in [0.5, 0.6) is 11.8 Å². The lowest BCUT2D eigenvalue weighted by Crippen LogP contribution is -2.48. The van der Waals surface area contributed by atoms with Gasteiger partial charge in [-0.15, -0.1) is 5.10 Å². The van der Waals surface area contributed by atoms with Crippen molar-refractivity contribution in [2.24, 2.45) is 11.8 Å². The lowest BCUT2D eigenvalue weighted by atomic mass is 9.92. The Morgan fingerprint density at radius 3 is 2.75 bits per heavy atom. The molecule has 3 aromatic rings. The van der Waals surface area contributed by atoms with E-state index in [1.54, 1.807) is 6.92 Å². The molecule has 170 valence electrons. The van der Waals surface area contributed by atoms with Crippen LogP contribution in [0.15, 0.2) is 22.7 Å². The number of nitrogens with zero attached hydrogens (tertiary/aromatic N) is 6. The second-order valence-electron chi connectivity index (χ2n) is 7.95. The van der Waals surface area contributed by atoms with Crippen molar-refractivity contribution >= 4 is 23.6 Å². The number of aryl methyl sites for hydroxylation is 1. The predicted molar refractivity (Wildman–Crippen MR) is 117 cm³/mol. The maximum atomic E-state index is 13.7. The summed E-state index contributed by atoms with van der Waals surface area (Å²) in [5.74, 6) is -0.103. The number of nitrogens with one attached hydrogen (secondary N) is 1. The summed E-state index contributed by atoms with van der Waals surface area (Å²) >= 11 is 5.84. The molecule has 2 bridgehead atoms. The Morgan fingerprint density at radius 2 is 2.09 bits per heavy atom. The molecule has 0 amide bonds. The van der Waals surface area contributed by atoms with Crippen molar-refractivity contribution in [3.05, 3.63) is 34.9 Å². The van der Waals surface area contributed by atoms with Crippen molar-refractivity contribution in [3.8, 4) is 11.8 Å². The molecule has 32 heavy (non-hydrogen) atoms. The maximum Gasteiger partial charge on any atom is 0.324 e. The van der Waals surface area contributed by atoms with Crippen molar-refractivity contribution in [3.63, 3.8) is 0 Å². The van der Waals surface area contributed by atoms with Gasteiger partial charge in [0.05, 0.1) is 12.4 Å². The van der Waals surface area contributed by atoms with Crippen LogP contribution in [0.4, 0.5) is 16.4 Å². The van der Waals surface area contributed by atoms with E-state index in [0.717, 1.165) is 25.0 Å². The summed E-state index contributed by atoms with van der Waals surface area (Å²) in [5.41, 5.74) is 0. The monoisotopic (exact) mass is 468 g/mol. The van der Waals surface area contributed by atoms with Crippen LogP contribution in [0.2, 0.25) is 5.02 Å². The van der Waals surface area contributed by atoms with Crippen LogP contribution < -0.4 is 15.0 Å². The Balaban J connectivity index is 1.48. The van der Waals surface area contributed by atoms with Gasteiger partial charge in [-0.05, 0) is 57.4 Å². The van der Waals surface area contributed by atoms with Gasteiger partial charge in [0.2, 0.25) is 5.95 Å². The van der Waals surface area contributed by atoms with E-state index >= 15 is 0 Å². The Kier molecular flexibility index (Phi) is 3.68. The number of hydrogen-bond acceptors (Lipinski definition) is 8. The fourth-order valence-electron chi connectivity index (χ4n) is 4.39. The van der Waals surface area contributed by atoms with Gasteiger partial charge in [0.25, 0.3) is 0 Å². The molecular weight excluding hydrogens is 437 g/mol. The zero-order valence-electron chi connectivity index (χ0n) is 24.0. The number of piperidine rings is 1. The Labute approximate surface area is 199 Å². The number of benzene rings is 1. The molecule has 1 saturated carbocycles. The maximum absolute atomic E-state index is 13.7. The molecule has 0 unspecified atom stereocenters. The molecule has 1 saturated heterocycles. The minimum atomic E-state index is -3.35. The summed E-state index contributed by atoms with van der Waals surface area (Å²) in [4.78, 5) is 10.5. The summed E-state index contributed by atoms with van der Waals surface area (Å²) in [6, 6.07) is -0.163. The fraction of sp³-hybridized carbons (Fsp3) is 0.524. The number of fused-ring (bicyclic) bond motifs is 2. The summed E-state index contributed by atoms with van der Waals surface area (Å²) in [6.45, 7) is -3.74. The van der Waals surface area contributed by atoms with Gasteiger partial charge in [-0.3, -0.25) is 0 Å². The standard InChI is InChI=1S/C21H25ClFN7O2/c1-11(2)30-21(31-15-6-7-17(23)16(22)8-15)26-19(27-30)25-18-13-4-5-14(18)10-29(9-13)20-24-12(3)28-32-20/h6-8,11,13-14,18H,4-5,9-10H2,1-3H3,(H,25,27)/t13-,14+,18-/i1D3,2D3,11D. The van der Waals surface area contributed by atoms with E-state index in [0.29, 0.717) is 29.6 Å². The third kappa shape index (κ3) is 3.99. The molecular formula is C21H25ClFN7O2. The predicted octanol–water partition coefficient (Wildman–Crippen LogP) is 4.46. The van der Waals surface area contributed by atoms with E-state index in [2.05, 4.69) is 25.5 Å².